The molecular formula is C41H51FO5S. The Kier molecular flexibility index (Phi) is 17.8. The zero-order chi connectivity index (χ0) is 34.6. The second-order valence-electron chi connectivity index (χ2n) is 12.0. The normalized spacial score (nSPS) is 14.5. The number of halogens is 1. The summed E-state index contributed by atoms with van der Waals surface area (Å²) in [5.74, 6) is -1.03. The van der Waals surface area contributed by atoms with E-state index in [1.165, 1.54) is 37.8 Å². The van der Waals surface area contributed by atoms with E-state index in [4.69, 9.17) is 9.47 Å². The van der Waals surface area contributed by atoms with Gasteiger partial charge in [0.2, 0.25) is 0 Å². The van der Waals surface area contributed by atoms with E-state index in [2.05, 4.69) is 43.4 Å². The van der Waals surface area contributed by atoms with Crippen LogP contribution in [0.3, 0.4) is 0 Å². The molecule has 1 aliphatic carbocycles. The van der Waals surface area contributed by atoms with Crippen LogP contribution in [0, 0.1) is 5.82 Å². The van der Waals surface area contributed by atoms with Gasteiger partial charge >= 0.3 is 11.9 Å². The maximum absolute atomic E-state index is 14.2. The lowest BCUT2D eigenvalue weighted by atomic mass is 10.0. The fourth-order valence-corrected chi connectivity index (χ4v) is 5.94. The lowest BCUT2D eigenvalue weighted by Gasteiger charge is -2.08. The van der Waals surface area contributed by atoms with Gasteiger partial charge in [0.15, 0.2) is 4.90 Å². The van der Waals surface area contributed by atoms with Crippen molar-refractivity contribution in [3.05, 3.63) is 107 Å². The summed E-state index contributed by atoms with van der Waals surface area (Å²) in [5, 5.41) is 0. The van der Waals surface area contributed by atoms with Crippen molar-refractivity contribution in [1.29, 1.82) is 0 Å². The Balaban J connectivity index is 1.32. The predicted molar refractivity (Wildman–Crippen MR) is 196 cm³/mol. The molecule has 3 rings (SSSR count). The van der Waals surface area contributed by atoms with Crippen LogP contribution in [0.1, 0.15) is 108 Å². The van der Waals surface area contributed by atoms with Crippen LogP contribution < -0.4 is 0 Å². The van der Waals surface area contributed by atoms with Gasteiger partial charge in [-0.15, -0.1) is 0 Å². The molecule has 0 spiro atoms. The number of hydrogen-bond donors (Lipinski definition) is 0. The number of carbonyl (C=O) groups is 2. The SMILES string of the molecule is CCCCC/C=C\C/C=C\C/C=C\CCCCC(=O)OCCCOC(=O)CC1=C(C)/C(=C/c2ccc([S+](C)[O-])cc2)c2ccc(F)cc21. The van der Waals surface area contributed by atoms with Crippen LogP contribution in [-0.4, -0.2) is 36.0 Å². The first-order valence-corrected chi connectivity index (χ1v) is 18.8. The molecule has 2 aromatic carbocycles. The molecule has 258 valence electrons. The van der Waals surface area contributed by atoms with Crippen molar-refractivity contribution in [3.8, 4) is 0 Å². The number of allylic oxidation sites excluding steroid dienone is 8. The highest BCUT2D eigenvalue weighted by Gasteiger charge is 2.26. The fourth-order valence-electron chi connectivity index (χ4n) is 5.42. The Hall–Kier alpha value is -3.68. The molecule has 2 aromatic rings. The lowest BCUT2D eigenvalue weighted by molar-refractivity contribution is -0.145. The summed E-state index contributed by atoms with van der Waals surface area (Å²) in [4.78, 5) is 25.6. The number of carbonyl (C=O) groups excluding carboxylic acids is 2. The number of esters is 2. The number of hydrogen-bond acceptors (Lipinski definition) is 5. The number of unbranched alkanes of at least 4 members (excludes halogenated alkanes) is 5. The van der Waals surface area contributed by atoms with E-state index in [0.29, 0.717) is 18.4 Å². The number of fused-ring (bicyclic) bond motifs is 1. The first-order chi connectivity index (χ1) is 23.3. The van der Waals surface area contributed by atoms with E-state index in [1.807, 2.05) is 37.3 Å². The first-order valence-electron chi connectivity index (χ1n) is 17.2. The Morgan fingerprint density at radius 1 is 0.792 bits per heavy atom. The third-order valence-electron chi connectivity index (χ3n) is 8.13. The first kappa shape index (κ1) is 38.8. The van der Waals surface area contributed by atoms with Gasteiger partial charge in [0.1, 0.15) is 12.1 Å². The van der Waals surface area contributed by atoms with Gasteiger partial charge in [-0.2, -0.15) is 0 Å². The van der Waals surface area contributed by atoms with Crippen LogP contribution in [0.2, 0.25) is 0 Å². The van der Waals surface area contributed by atoms with Crippen LogP contribution >= 0.6 is 0 Å². The minimum absolute atomic E-state index is 0.00837. The molecule has 48 heavy (non-hydrogen) atoms. The quantitative estimate of drug-likeness (QED) is 0.0570. The smallest absolute Gasteiger partial charge is 0.310 e. The third kappa shape index (κ3) is 13.8. The van der Waals surface area contributed by atoms with Crippen LogP contribution in [0.25, 0.3) is 17.2 Å². The molecule has 0 radical (unpaired) electrons. The summed E-state index contributed by atoms with van der Waals surface area (Å²) in [6.07, 6.45) is 27.2. The highest BCUT2D eigenvalue weighted by molar-refractivity contribution is 7.90. The fraction of sp³-hybridized carbons (Fsp3) is 0.415. The van der Waals surface area contributed by atoms with E-state index in [1.54, 1.807) is 12.3 Å². The van der Waals surface area contributed by atoms with Crippen molar-refractivity contribution in [3.63, 3.8) is 0 Å². The zero-order valence-electron chi connectivity index (χ0n) is 28.8. The molecular weight excluding hydrogens is 624 g/mol. The summed E-state index contributed by atoms with van der Waals surface area (Å²) >= 11 is -1.06. The van der Waals surface area contributed by atoms with Gasteiger partial charge in [-0.1, -0.05) is 62.3 Å². The minimum atomic E-state index is -1.06. The van der Waals surface area contributed by atoms with E-state index in [9.17, 15) is 18.5 Å². The van der Waals surface area contributed by atoms with Crippen LogP contribution in [0.5, 0.6) is 0 Å². The molecule has 0 aromatic heterocycles. The predicted octanol–water partition coefficient (Wildman–Crippen LogP) is 10.3. The van der Waals surface area contributed by atoms with Crippen LogP contribution in [0.4, 0.5) is 4.39 Å². The van der Waals surface area contributed by atoms with Crippen molar-refractivity contribution < 1.29 is 28.0 Å². The lowest BCUT2D eigenvalue weighted by Crippen LogP contribution is -2.11. The average Bonchev–Trinajstić information content (AvgIpc) is 3.31. The van der Waals surface area contributed by atoms with Gasteiger partial charge in [-0.25, -0.2) is 4.39 Å². The summed E-state index contributed by atoms with van der Waals surface area (Å²) < 4.78 is 36.7. The summed E-state index contributed by atoms with van der Waals surface area (Å²) in [5.41, 5.74) is 4.97. The molecule has 7 heteroatoms. The molecule has 0 fully saturated rings. The molecule has 0 aliphatic heterocycles. The molecule has 0 bridgehead atoms. The molecule has 5 nitrogen and oxygen atoms in total. The van der Waals surface area contributed by atoms with E-state index < -0.39 is 17.1 Å². The van der Waals surface area contributed by atoms with Gasteiger partial charge in [0, 0.05) is 12.8 Å². The number of ether oxygens (including phenoxy) is 2. The Morgan fingerprint density at radius 3 is 2.06 bits per heavy atom. The number of benzene rings is 2. The van der Waals surface area contributed by atoms with Crippen molar-refractivity contribution in [2.45, 2.75) is 95.8 Å². The van der Waals surface area contributed by atoms with Crippen LogP contribution in [-0.2, 0) is 30.2 Å². The molecule has 0 saturated heterocycles. The maximum atomic E-state index is 14.2. The number of rotatable bonds is 21. The molecule has 0 heterocycles. The average molecular weight is 675 g/mol. The van der Waals surface area contributed by atoms with Crippen molar-refractivity contribution in [1.82, 2.24) is 0 Å². The molecule has 0 amide bonds. The van der Waals surface area contributed by atoms with Crippen molar-refractivity contribution >= 4 is 40.3 Å². The van der Waals surface area contributed by atoms with E-state index in [-0.39, 0.29) is 31.4 Å². The Morgan fingerprint density at radius 2 is 1.42 bits per heavy atom. The highest BCUT2D eigenvalue weighted by atomic mass is 32.2. The maximum Gasteiger partial charge on any atom is 0.310 e. The molecule has 1 aliphatic rings. The Bertz CT molecular complexity index is 1470. The van der Waals surface area contributed by atoms with Gasteiger partial charge in [0.05, 0.1) is 19.6 Å². The van der Waals surface area contributed by atoms with Crippen molar-refractivity contribution in [2.24, 2.45) is 0 Å². The monoisotopic (exact) mass is 674 g/mol. The standard InChI is InChI=1S/C41H51FO5S/c1-4-5-6-7-8-9-10-11-12-13-14-15-16-17-18-20-40(43)46-27-19-28-47-41(44)31-38-32(2)37(36-26-23-34(42)30-39(36)38)29-33-21-24-35(25-22-33)48(3)45/h8-9,11-12,14-15,21-26,29-30H,4-7,10,13,16-20,27-28,31H2,1-3H3/b9-8-,12-11-,15-14-,37-29-. The van der Waals surface area contributed by atoms with Gasteiger partial charge in [-0.05, 0) is 139 Å². The second-order valence-corrected chi connectivity index (χ2v) is 13.4. The third-order valence-corrected chi connectivity index (χ3v) is 9.07. The highest BCUT2D eigenvalue weighted by Crippen LogP contribution is 2.44. The van der Waals surface area contributed by atoms with Gasteiger partial charge < -0.3 is 14.0 Å². The van der Waals surface area contributed by atoms with Crippen LogP contribution in [0.15, 0.2) is 89.4 Å². The second kappa shape index (κ2) is 22.0. The van der Waals surface area contributed by atoms with E-state index >= 15 is 0 Å². The Labute approximate surface area is 289 Å². The van der Waals surface area contributed by atoms with Crippen molar-refractivity contribution in [2.75, 3.05) is 19.5 Å². The summed E-state index contributed by atoms with van der Waals surface area (Å²) in [7, 11) is 0. The van der Waals surface area contributed by atoms with Gasteiger partial charge in [0.25, 0.3) is 0 Å². The topological polar surface area (TPSA) is 75.7 Å². The molecule has 1 unspecified atom stereocenters. The van der Waals surface area contributed by atoms with E-state index in [0.717, 1.165) is 64.8 Å². The largest absolute Gasteiger partial charge is 0.612 e. The van der Waals surface area contributed by atoms with Gasteiger partial charge in [-0.3, -0.25) is 9.59 Å². The molecule has 1 atom stereocenters. The molecule has 0 N–H and O–H groups in total. The minimum Gasteiger partial charge on any atom is -0.612 e. The summed E-state index contributed by atoms with van der Waals surface area (Å²) in [6.45, 7) is 4.47. The molecule has 0 saturated carbocycles. The zero-order valence-corrected chi connectivity index (χ0v) is 29.6. The summed E-state index contributed by atoms with van der Waals surface area (Å²) in [6, 6.07) is 12.0.